The molecule has 0 saturated carbocycles. The van der Waals surface area contributed by atoms with Gasteiger partial charge in [-0.3, -0.25) is 9.78 Å². The van der Waals surface area contributed by atoms with Crippen LogP contribution in [0.3, 0.4) is 0 Å². The van der Waals surface area contributed by atoms with Crippen LogP contribution in [0.2, 0.25) is 0 Å². The van der Waals surface area contributed by atoms with Gasteiger partial charge in [-0.05, 0) is 42.5 Å². The van der Waals surface area contributed by atoms with Crippen LogP contribution >= 0.6 is 15.9 Å². The third kappa shape index (κ3) is 5.69. The summed E-state index contributed by atoms with van der Waals surface area (Å²) in [5.74, 6) is 1.11. The number of carbonyl (C=O) groups excluding carboxylic acids is 1. The Morgan fingerprint density at radius 3 is 2.86 bits per heavy atom. The summed E-state index contributed by atoms with van der Waals surface area (Å²) in [6, 6.07) is 16.7. The van der Waals surface area contributed by atoms with E-state index in [1.165, 1.54) is 6.08 Å². The smallest absolute Gasteiger partial charge is 0.248 e. The molecule has 0 bridgehead atoms. The van der Waals surface area contributed by atoms with Gasteiger partial charge in [0.2, 0.25) is 5.91 Å². The first-order valence-electron chi connectivity index (χ1n) is 8.58. The maximum Gasteiger partial charge on any atom is 0.248 e. The van der Waals surface area contributed by atoms with Gasteiger partial charge in [0.25, 0.3) is 0 Å². The molecule has 3 aromatic rings. The zero-order chi connectivity index (χ0) is 19.8. The molecule has 0 aliphatic rings. The van der Waals surface area contributed by atoms with Gasteiger partial charge < -0.3 is 14.8 Å². The quantitative estimate of drug-likeness (QED) is 0.522. The van der Waals surface area contributed by atoms with E-state index < -0.39 is 0 Å². The van der Waals surface area contributed by atoms with E-state index in [9.17, 15) is 4.79 Å². The first kappa shape index (κ1) is 19.6. The molecule has 0 atom stereocenters. The van der Waals surface area contributed by atoms with E-state index in [-0.39, 0.29) is 5.91 Å². The lowest BCUT2D eigenvalue weighted by Crippen LogP contribution is -2.08. The summed E-state index contributed by atoms with van der Waals surface area (Å²) in [6.45, 7) is 0.411. The number of halogens is 1. The number of nitrogens with zero attached hydrogens (tertiary/aromatic N) is 1. The number of ether oxygens (including phenoxy) is 2. The van der Waals surface area contributed by atoms with Crippen LogP contribution in [0.4, 0.5) is 5.69 Å². The average molecular weight is 439 g/mol. The zero-order valence-corrected chi connectivity index (χ0v) is 16.8. The largest absolute Gasteiger partial charge is 0.496 e. The minimum absolute atomic E-state index is 0.244. The van der Waals surface area contributed by atoms with Crippen molar-refractivity contribution in [3.8, 4) is 11.5 Å². The number of anilines is 1. The molecule has 0 unspecified atom stereocenters. The van der Waals surface area contributed by atoms with Gasteiger partial charge in [-0.1, -0.05) is 28.1 Å². The monoisotopic (exact) mass is 438 g/mol. The Hall–Kier alpha value is -3.12. The second-order valence-electron chi connectivity index (χ2n) is 5.89. The number of rotatable bonds is 7. The second kappa shape index (κ2) is 9.71. The molecule has 0 saturated heterocycles. The summed E-state index contributed by atoms with van der Waals surface area (Å²) in [6.07, 6.45) is 6.65. The van der Waals surface area contributed by atoms with Crippen LogP contribution in [0.1, 0.15) is 11.1 Å². The van der Waals surface area contributed by atoms with Crippen molar-refractivity contribution in [2.24, 2.45) is 0 Å². The van der Waals surface area contributed by atoms with E-state index in [1.54, 1.807) is 31.6 Å². The molecule has 0 radical (unpaired) electrons. The Kier molecular flexibility index (Phi) is 6.81. The predicted molar refractivity (Wildman–Crippen MR) is 113 cm³/mol. The van der Waals surface area contributed by atoms with Gasteiger partial charge in [0.15, 0.2) is 0 Å². The molecular weight excluding hydrogens is 420 g/mol. The number of aromatic nitrogens is 1. The Morgan fingerprint density at radius 2 is 2.07 bits per heavy atom. The van der Waals surface area contributed by atoms with Crippen molar-refractivity contribution in [3.63, 3.8) is 0 Å². The second-order valence-corrected chi connectivity index (χ2v) is 6.80. The van der Waals surface area contributed by atoms with Crippen molar-refractivity contribution in [3.05, 3.63) is 88.7 Å². The highest BCUT2D eigenvalue weighted by Gasteiger charge is 2.04. The van der Waals surface area contributed by atoms with E-state index in [0.717, 1.165) is 15.6 Å². The van der Waals surface area contributed by atoms with E-state index >= 15 is 0 Å². The number of carbonyl (C=O) groups is 1. The summed E-state index contributed by atoms with van der Waals surface area (Å²) >= 11 is 3.42. The Balaban J connectivity index is 1.62. The summed E-state index contributed by atoms with van der Waals surface area (Å²) in [5.41, 5.74) is 2.43. The van der Waals surface area contributed by atoms with E-state index in [2.05, 4.69) is 26.2 Å². The van der Waals surface area contributed by atoms with Gasteiger partial charge in [-0.25, -0.2) is 0 Å². The van der Waals surface area contributed by atoms with Gasteiger partial charge in [-0.15, -0.1) is 0 Å². The lowest BCUT2D eigenvalue weighted by Gasteiger charge is -2.08. The summed E-state index contributed by atoms with van der Waals surface area (Å²) < 4.78 is 12.0. The molecule has 5 nitrogen and oxygen atoms in total. The molecule has 6 heteroatoms. The molecule has 0 fully saturated rings. The predicted octanol–water partition coefficient (Wildman–Crippen LogP) is 5.08. The van der Waals surface area contributed by atoms with Gasteiger partial charge >= 0.3 is 0 Å². The van der Waals surface area contributed by atoms with Gasteiger partial charge in [0.05, 0.1) is 7.11 Å². The molecule has 0 aliphatic carbocycles. The third-order valence-electron chi connectivity index (χ3n) is 3.84. The molecule has 28 heavy (non-hydrogen) atoms. The molecule has 0 spiro atoms. The Bertz CT molecular complexity index is 975. The molecule has 2 aromatic carbocycles. The molecule has 1 aromatic heterocycles. The fourth-order valence-corrected chi connectivity index (χ4v) is 2.88. The van der Waals surface area contributed by atoms with Gasteiger partial charge in [-0.2, -0.15) is 0 Å². The van der Waals surface area contributed by atoms with Crippen LogP contribution in [-0.2, 0) is 11.4 Å². The Labute approximate surface area is 172 Å². The first-order chi connectivity index (χ1) is 13.6. The number of pyridine rings is 1. The van der Waals surface area contributed by atoms with E-state index in [0.29, 0.717) is 23.8 Å². The molecule has 1 heterocycles. The Morgan fingerprint density at radius 1 is 1.18 bits per heavy atom. The first-order valence-corrected chi connectivity index (χ1v) is 9.38. The van der Waals surface area contributed by atoms with Crippen LogP contribution in [0.15, 0.2) is 77.5 Å². The van der Waals surface area contributed by atoms with Gasteiger partial charge in [0, 0.05) is 45.8 Å². The number of amides is 1. The number of nitrogens with one attached hydrogen (secondary N) is 1. The number of hydrogen-bond acceptors (Lipinski definition) is 4. The normalized spacial score (nSPS) is 10.6. The van der Waals surface area contributed by atoms with Gasteiger partial charge in [0.1, 0.15) is 18.1 Å². The van der Waals surface area contributed by atoms with Crippen LogP contribution in [0.5, 0.6) is 11.5 Å². The summed E-state index contributed by atoms with van der Waals surface area (Å²) in [5, 5.41) is 2.83. The maximum absolute atomic E-state index is 12.3. The molecule has 3 rings (SSSR count). The molecular formula is C22H19BrN2O3. The van der Waals surface area contributed by atoms with Crippen LogP contribution in [0, 0.1) is 0 Å². The average Bonchev–Trinajstić information content (AvgIpc) is 2.72. The minimum atomic E-state index is -0.244. The van der Waals surface area contributed by atoms with E-state index in [4.69, 9.17) is 9.47 Å². The fraction of sp³-hybridized carbons (Fsp3) is 0.0909. The standard InChI is InChI=1S/C22H19BrN2O3/c1-27-21-9-8-18(23)12-17(21)7-10-22(26)25-19-5-2-6-20(13-19)28-15-16-4-3-11-24-14-16/h2-14H,15H2,1H3,(H,25,26)/b10-7+. The topological polar surface area (TPSA) is 60.5 Å². The van der Waals surface area contributed by atoms with Crippen molar-refractivity contribution in [2.45, 2.75) is 6.61 Å². The number of methoxy groups -OCH3 is 1. The zero-order valence-electron chi connectivity index (χ0n) is 15.3. The van der Waals surface area contributed by atoms with Crippen molar-refractivity contribution in [1.82, 2.24) is 4.98 Å². The summed E-state index contributed by atoms with van der Waals surface area (Å²) in [4.78, 5) is 16.3. The highest BCUT2D eigenvalue weighted by atomic mass is 79.9. The molecule has 0 aliphatic heterocycles. The fourth-order valence-electron chi connectivity index (χ4n) is 2.50. The number of hydrogen-bond donors (Lipinski definition) is 1. The van der Waals surface area contributed by atoms with Crippen molar-refractivity contribution < 1.29 is 14.3 Å². The minimum Gasteiger partial charge on any atom is -0.496 e. The SMILES string of the molecule is COc1ccc(Br)cc1/C=C/C(=O)Nc1cccc(OCc2cccnc2)c1. The molecule has 1 amide bonds. The lowest BCUT2D eigenvalue weighted by atomic mass is 10.2. The highest BCUT2D eigenvalue weighted by molar-refractivity contribution is 9.10. The van der Waals surface area contributed by atoms with Crippen LogP contribution in [-0.4, -0.2) is 18.0 Å². The van der Waals surface area contributed by atoms with Crippen molar-refractivity contribution in [1.29, 1.82) is 0 Å². The maximum atomic E-state index is 12.3. The van der Waals surface area contributed by atoms with Crippen LogP contribution in [0.25, 0.3) is 6.08 Å². The van der Waals surface area contributed by atoms with Crippen molar-refractivity contribution in [2.75, 3.05) is 12.4 Å². The highest BCUT2D eigenvalue weighted by Crippen LogP contribution is 2.24. The lowest BCUT2D eigenvalue weighted by molar-refractivity contribution is -0.111. The molecule has 142 valence electrons. The molecule has 1 N–H and O–H groups in total. The third-order valence-corrected chi connectivity index (χ3v) is 4.33. The van der Waals surface area contributed by atoms with Crippen molar-refractivity contribution >= 4 is 33.6 Å². The number of benzene rings is 2. The van der Waals surface area contributed by atoms with E-state index in [1.807, 2.05) is 48.5 Å². The van der Waals surface area contributed by atoms with Crippen LogP contribution < -0.4 is 14.8 Å². The summed E-state index contributed by atoms with van der Waals surface area (Å²) in [7, 11) is 1.59.